The van der Waals surface area contributed by atoms with Crippen molar-refractivity contribution in [2.24, 2.45) is 0 Å². The lowest BCUT2D eigenvalue weighted by Gasteiger charge is -2.32. The van der Waals surface area contributed by atoms with E-state index in [0.717, 1.165) is 11.0 Å². The molecule has 0 spiro atoms. The van der Waals surface area contributed by atoms with E-state index in [-0.39, 0.29) is 30.3 Å². The molecule has 0 bridgehead atoms. The lowest BCUT2D eigenvalue weighted by molar-refractivity contribution is -0.131. The number of nitrogens with zero attached hydrogens (tertiary/aromatic N) is 2. The van der Waals surface area contributed by atoms with E-state index < -0.39 is 0 Å². The van der Waals surface area contributed by atoms with Crippen LogP contribution in [0.4, 0.5) is 0 Å². The van der Waals surface area contributed by atoms with E-state index in [1.165, 1.54) is 0 Å². The summed E-state index contributed by atoms with van der Waals surface area (Å²) in [5.74, 6) is -0.513. The molecule has 154 valence electrons. The minimum absolute atomic E-state index is 0.0120. The number of rotatable bonds is 5. The summed E-state index contributed by atoms with van der Waals surface area (Å²) in [4.78, 5) is 45.9. The van der Waals surface area contributed by atoms with Crippen LogP contribution in [-0.4, -0.2) is 58.3 Å². The van der Waals surface area contributed by atoms with Crippen molar-refractivity contribution in [2.45, 2.75) is 18.9 Å². The normalized spacial score (nSPS) is 14.5. The third-order valence-electron chi connectivity index (χ3n) is 5.30. The quantitative estimate of drug-likeness (QED) is 0.601. The molecule has 0 radical (unpaired) electrons. The number of imidazole rings is 1. The minimum atomic E-state index is -0.264. The van der Waals surface area contributed by atoms with Crippen molar-refractivity contribution in [1.82, 2.24) is 25.5 Å². The van der Waals surface area contributed by atoms with E-state index in [4.69, 9.17) is 0 Å². The van der Waals surface area contributed by atoms with Gasteiger partial charge in [0.25, 0.3) is 11.8 Å². The molecule has 3 N–H and O–H groups in total. The lowest BCUT2D eigenvalue weighted by atomic mass is 10.0. The van der Waals surface area contributed by atoms with Gasteiger partial charge in [0.2, 0.25) is 5.91 Å². The first kappa shape index (κ1) is 19.6. The molecule has 2 aromatic carbocycles. The molecule has 4 rings (SSSR count). The molecule has 3 amide bonds. The monoisotopic (exact) mass is 405 g/mol. The van der Waals surface area contributed by atoms with Crippen molar-refractivity contribution in [1.29, 1.82) is 0 Å². The first-order valence-corrected chi connectivity index (χ1v) is 9.95. The van der Waals surface area contributed by atoms with Gasteiger partial charge in [0, 0.05) is 30.3 Å². The summed E-state index contributed by atoms with van der Waals surface area (Å²) in [5, 5.41) is 5.71. The molecule has 2 heterocycles. The van der Waals surface area contributed by atoms with Crippen LogP contribution in [-0.2, 0) is 4.79 Å². The van der Waals surface area contributed by atoms with Crippen molar-refractivity contribution in [3.8, 4) is 0 Å². The van der Waals surface area contributed by atoms with Crippen LogP contribution < -0.4 is 10.6 Å². The number of aromatic nitrogens is 2. The van der Waals surface area contributed by atoms with Crippen LogP contribution in [0.15, 0.2) is 54.9 Å². The van der Waals surface area contributed by atoms with Gasteiger partial charge in [-0.25, -0.2) is 4.98 Å². The van der Waals surface area contributed by atoms with E-state index in [2.05, 4.69) is 20.6 Å². The summed E-state index contributed by atoms with van der Waals surface area (Å²) in [6.45, 7) is 1.06. The van der Waals surface area contributed by atoms with Crippen molar-refractivity contribution in [3.05, 3.63) is 66.0 Å². The Labute approximate surface area is 173 Å². The summed E-state index contributed by atoms with van der Waals surface area (Å²) < 4.78 is 0. The maximum absolute atomic E-state index is 12.5. The Hall–Kier alpha value is -3.68. The number of aromatic amines is 1. The molecule has 3 aromatic rings. The summed E-state index contributed by atoms with van der Waals surface area (Å²) in [7, 11) is 0. The smallest absolute Gasteiger partial charge is 0.251 e. The van der Waals surface area contributed by atoms with Gasteiger partial charge in [-0.15, -0.1) is 0 Å². The van der Waals surface area contributed by atoms with Crippen molar-refractivity contribution in [2.75, 3.05) is 19.6 Å². The molecule has 0 saturated carbocycles. The van der Waals surface area contributed by atoms with Crippen LogP contribution in [0.2, 0.25) is 0 Å². The standard InChI is InChI=1S/C22H23N5O3/c28-20(13-23-21(29)15-4-2-1-3-5-15)27-10-8-17(9-11-27)26-22(30)16-6-7-18-19(12-16)25-14-24-18/h1-7,12,14,17H,8-11,13H2,(H,23,29)(H,24,25)(H,26,30). The Bertz CT molecular complexity index is 1050. The number of carbonyl (C=O) groups is 3. The molecule has 30 heavy (non-hydrogen) atoms. The molecule has 0 atom stereocenters. The molecule has 1 fully saturated rings. The SMILES string of the molecule is O=C(NCC(=O)N1CCC(NC(=O)c2ccc3nc[nH]c3c2)CC1)c1ccccc1. The van der Waals surface area contributed by atoms with Crippen LogP contribution in [0.3, 0.4) is 0 Å². The lowest BCUT2D eigenvalue weighted by Crippen LogP contribution is -2.49. The predicted molar refractivity (Wildman–Crippen MR) is 112 cm³/mol. The number of benzene rings is 2. The summed E-state index contributed by atoms with van der Waals surface area (Å²) >= 11 is 0. The highest BCUT2D eigenvalue weighted by molar-refractivity contribution is 5.97. The fraction of sp³-hybridized carbons (Fsp3) is 0.273. The number of nitrogens with one attached hydrogen (secondary N) is 3. The molecule has 1 aromatic heterocycles. The summed E-state index contributed by atoms with van der Waals surface area (Å²) in [6.07, 6.45) is 2.95. The Morgan fingerprint density at radius 1 is 1.00 bits per heavy atom. The second-order valence-electron chi connectivity index (χ2n) is 7.31. The van der Waals surface area contributed by atoms with Crippen molar-refractivity contribution >= 4 is 28.8 Å². The van der Waals surface area contributed by atoms with Crippen LogP contribution >= 0.6 is 0 Å². The zero-order valence-electron chi connectivity index (χ0n) is 16.4. The third-order valence-corrected chi connectivity index (χ3v) is 5.30. The largest absolute Gasteiger partial charge is 0.349 e. The van der Waals surface area contributed by atoms with Gasteiger partial charge in [-0.05, 0) is 43.2 Å². The van der Waals surface area contributed by atoms with E-state index >= 15 is 0 Å². The number of hydrogen-bond acceptors (Lipinski definition) is 4. The Morgan fingerprint density at radius 2 is 1.77 bits per heavy atom. The molecular weight excluding hydrogens is 382 g/mol. The summed E-state index contributed by atoms with van der Waals surface area (Å²) in [6, 6.07) is 14.2. The Kier molecular flexibility index (Phi) is 5.74. The second-order valence-corrected chi connectivity index (χ2v) is 7.31. The molecule has 1 saturated heterocycles. The summed E-state index contributed by atoms with van der Waals surface area (Å²) in [5.41, 5.74) is 2.74. The van der Waals surface area contributed by atoms with Crippen molar-refractivity contribution < 1.29 is 14.4 Å². The van der Waals surface area contributed by atoms with Crippen LogP contribution in [0.25, 0.3) is 11.0 Å². The molecule has 1 aliphatic heterocycles. The van der Waals surface area contributed by atoms with E-state index in [1.807, 2.05) is 12.1 Å². The van der Waals surface area contributed by atoms with Gasteiger partial charge in [0.05, 0.1) is 23.9 Å². The fourth-order valence-electron chi connectivity index (χ4n) is 3.58. The van der Waals surface area contributed by atoms with E-state index in [0.29, 0.717) is 37.1 Å². The molecule has 8 nitrogen and oxygen atoms in total. The number of piperidine rings is 1. The number of hydrogen-bond donors (Lipinski definition) is 3. The zero-order valence-corrected chi connectivity index (χ0v) is 16.4. The zero-order chi connectivity index (χ0) is 20.9. The highest BCUT2D eigenvalue weighted by Gasteiger charge is 2.24. The Morgan fingerprint density at radius 3 is 2.53 bits per heavy atom. The van der Waals surface area contributed by atoms with Gasteiger partial charge in [-0.2, -0.15) is 0 Å². The van der Waals surface area contributed by atoms with Crippen molar-refractivity contribution in [3.63, 3.8) is 0 Å². The number of carbonyl (C=O) groups excluding carboxylic acids is 3. The number of likely N-dealkylation sites (tertiary alicyclic amines) is 1. The average molecular weight is 405 g/mol. The fourth-order valence-corrected chi connectivity index (χ4v) is 3.58. The van der Waals surface area contributed by atoms with Crippen LogP contribution in [0.5, 0.6) is 0 Å². The average Bonchev–Trinajstić information content (AvgIpc) is 3.26. The maximum Gasteiger partial charge on any atom is 0.251 e. The molecule has 8 heteroatoms. The first-order valence-electron chi connectivity index (χ1n) is 9.95. The Balaban J connectivity index is 1.23. The van der Waals surface area contributed by atoms with Gasteiger partial charge in [0.1, 0.15) is 0 Å². The van der Waals surface area contributed by atoms with Gasteiger partial charge in [0.15, 0.2) is 0 Å². The van der Waals surface area contributed by atoms with Gasteiger partial charge in [-0.1, -0.05) is 18.2 Å². The topological polar surface area (TPSA) is 107 Å². The second kappa shape index (κ2) is 8.77. The number of fused-ring (bicyclic) bond motifs is 1. The molecule has 1 aliphatic rings. The highest BCUT2D eigenvalue weighted by Crippen LogP contribution is 2.14. The predicted octanol–water partition coefficient (Wildman–Crippen LogP) is 1.71. The van der Waals surface area contributed by atoms with E-state index in [9.17, 15) is 14.4 Å². The first-order chi connectivity index (χ1) is 14.6. The molecular formula is C22H23N5O3. The minimum Gasteiger partial charge on any atom is -0.349 e. The van der Waals surface area contributed by atoms with Gasteiger partial charge < -0.3 is 20.5 Å². The number of amides is 3. The van der Waals surface area contributed by atoms with Gasteiger partial charge in [-0.3, -0.25) is 14.4 Å². The van der Waals surface area contributed by atoms with E-state index in [1.54, 1.807) is 47.6 Å². The maximum atomic E-state index is 12.5. The molecule has 0 unspecified atom stereocenters. The van der Waals surface area contributed by atoms with Crippen LogP contribution in [0.1, 0.15) is 33.6 Å². The van der Waals surface area contributed by atoms with Gasteiger partial charge >= 0.3 is 0 Å². The molecule has 0 aliphatic carbocycles. The third kappa shape index (κ3) is 4.48. The van der Waals surface area contributed by atoms with Crippen LogP contribution in [0, 0.1) is 0 Å². The number of H-pyrrole nitrogens is 1. The highest BCUT2D eigenvalue weighted by atomic mass is 16.2.